The lowest BCUT2D eigenvalue weighted by Crippen LogP contribution is -2.17. The molecular formula is C18H13ClN2O4. The molecule has 3 rings (SSSR count). The Labute approximate surface area is 148 Å². The van der Waals surface area contributed by atoms with E-state index in [-0.39, 0.29) is 17.0 Å². The van der Waals surface area contributed by atoms with Crippen LogP contribution in [-0.4, -0.2) is 17.9 Å². The summed E-state index contributed by atoms with van der Waals surface area (Å²) in [6, 6.07) is 14.7. The highest BCUT2D eigenvalue weighted by molar-refractivity contribution is 6.35. The molecule has 0 radical (unpaired) electrons. The van der Waals surface area contributed by atoms with Crippen LogP contribution in [0.5, 0.6) is 11.5 Å². The molecule has 7 heteroatoms. The minimum Gasteiger partial charge on any atom is -0.449 e. The maximum Gasteiger partial charge on any atom is 0.312 e. The largest absolute Gasteiger partial charge is 0.449 e. The first-order valence-electron chi connectivity index (χ1n) is 7.37. The molecular weight excluding hydrogens is 344 g/mol. The number of halogens is 1. The highest BCUT2D eigenvalue weighted by Crippen LogP contribution is 2.37. The first kappa shape index (κ1) is 16.7. The normalized spacial score (nSPS) is 10.5. The summed E-state index contributed by atoms with van der Waals surface area (Å²) >= 11 is 6.18. The van der Waals surface area contributed by atoms with E-state index < -0.39 is 10.8 Å². The van der Waals surface area contributed by atoms with Crippen molar-refractivity contribution >= 4 is 34.0 Å². The summed E-state index contributed by atoms with van der Waals surface area (Å²) in [5.74, 6) is 0.0764. The van der Waals surface area contributed by atoms with E-state index in [2.05, 4.69) is 5.32 Å². The van der Waals surface area contributed by atoms with Gasteiger partial charge >= 0.3 is 5.69 Å². The van der Waals surface area contributed by atoms with E-state index in [0.717, 1.165) is 10.8 Å². The van der Waals surface area contributed by atoms with Gasteiger partial charge in [0.1, 0.15) is 5.75 Å². The summed E-state index contributed by atoms with van der Waals surface area (Å²) in [6.45, 7) is 0. The number of rotatable bonds is 4. The van der Waals surface area contributed by atoms with Gasteiger partial charge in [0.2, 0.25) is 5.75 Å². The number of hydrogen-bond acceptors (Lipinski definition) is 4. The Morgan fingerprint density at radius 2 is 1.76 bits per heavy atom. The van der Waals surface area contributed by atoms with E-state index in [4.69, 9.17) is 16.3 Å². The van der Waals surface area contributed by atoms with Crippen LogP contribution in [-0.2, 0) is 0 Å². The monoisotopic (exact) mass is 356 g/mol. The molecule has 0 saturated carbocycles. The Morgan fingerprint density at radius 3 is 2.44 bits per heavy atom. The minimum atomic E-state index is -0.583. The molecule has 0 fully saturated rings. The van der Waals surface area contributed by atoms with Crippen LogP contribution in [0.25, 0.3) is 10.8 Å². The topological polar surface area (TPSA) is 81.5 Å². The number of nitro groups is 1. The summed E-state index contributed by atoms with van der Waals surface area (Å²) in [4.78, 5) is 22.5. The average Bonchev–Trinajstić information content (AvgIpc) is 2.63. The van der Waals surface area contributed by atoms with Gasteiger partial charge in [-0.15, -0.1) is 0 Å². The van der Waals surface area contributed by atoms with Crippen LogP contribution in [0.15, 0.2) is 54.6 Å². The molecule has 1 N–H and O–H groups in total. The third kappa shape index (κ3) is 3.25. The lowest BCUT2D eigenvalue weighted by atomic mass is 10.1. The molecule has 25 heavy (non-hydrogen) atoms. The van der Waals surface area contributed by atoms with Crippen molar-refractivity contribution in [2.45, 2.75) is 0 Å². The maximum absolute atomic E-state index is 11.7. The zero-order chi connectivity index (χ0) is 18.0. The quantitative estimate of drug-likeness (QED) is 0.549. The number of nitrogens with one attached hydrogen (secondary N) is 1. The molecule has 6 nitrogen and oxygen atoms in total. The third-order valence-corrected chi connectivity index (χ3v) is 4.03. The fourth-order valence-electron chi connectivity index (χ4n) is 2.47. The van der Waals surface area contributed by atoms with Gasteiger partial charge in [-0.25, -0.2) is 0 Å². The summed E-state index contributed by atoms with van der Waals surface area (Å²) in [7, 11) is 1.46. The molecule has 0 aliphatic carbocycles. The molecule has 3 aromatic carbocycles. The second-order valence-corrected chi connectivity index (χ2v) is 5.62. The SMILES string of the molecule is CNC(=O)c1ccc(Oc2ccc(Cl)c3ccccc23)c([N+](=O)[O-])c1. The molecule has 0 spiro atoms. The van der Waals surface area contributed by atoms with E-state index in [1.165, 1.54) is 25.2 Å². The number of fused-ring (bicyclic) bond motifs is 1. The van der Waals surface area contributed by atoms with Crippen LogP contribution in [0.4, 0.5) is 5.69 Å². The summed E-state index contributed by atoms with van der Waals surface area (Å²) in [5, 5.41) is 15.9. The molecule has 0 saturated heterocycles. The predicted octanol–water partition coefficient (Wildman–Crippen LogP) is 4.55. The molecule has 0 aromatic heterocycles. The van der Waals surface area contributed by atoms with Crippen LogP contribution in [0.2, 0.25) is 5.02 Å². The van der Waals surface area contributed by atoms with Crippen molar-refractivity contribution in [1.82, 2.24) is 5.32 Å². The maximum atomic E-state index is 11.7. The van der Waals surface area contributed by atoms with Gasteiger partial charge in [0.05, 0.1) is 4.92 Å². The number of nitrogens with zero attached hydrogens (tertiary/aromatic N) is 1. The zero-order valence-electron chi connectivity index (χ0n) is 13.2. The fourth-order valence-corrected chi connectivity index (χ4v) is 2.70. The van der Waals surface area contributed by atoms with Crippen molar-refractivity contribution in [3.63, 3.8) is 0 Å². The van der Waals surface area contributed by atoms with Gasteiger partial charge in [0, 0.05) is 34.5 Å². The first-order chi connectivity index (χ1) is 12.0. The predicted molar refractivity (Wildman–Crippen MR) is 95.5 cm³/mol. The lowest BCUT2D eigenvalue weighted by Gasteiger charge is -2.11. The van der Waals surface area contributed by atoms with Gasteiger partial charge in [0.25, 0.3) is 5.91 Å². The lowest BCUT2D eigenvalue weighted by molar-refractivity contribution is -0.385. The van der Waals surface area contributed by atoms with Crippen molar-refractivity contribution in [3.8, 4) is 11.5 Å². The molecule has 1 amide bonds. The van der Waals surface area contributed by atoms with Crippen LogP contribution in [0.1, 0.15) is 10.4 Å². The number of ether oxygens (including phenoxy) is 1. The Balaban J connectivity index is 2.08. The van der Waals surface area contributed by atoms with E-state index in [0.29, 0.717) is 10.8 Å². The summed E-state index contributed by atoms with van der Waals surface area (Å²) < 4.78 is 5.78. The number of benzene rings is 3. The number of carbonyl (C=O) groups excluding carboxylic acids is 1. The van der Waals surface area contributed by atoms with Gasteiger partial charge in [0.15, 0.2) is 0 Å². The smallest absolute Gasteiger partial charge is 0.312 e. The number of hydrogen-bond donors (Lipinski definition) is 1. The van der Waals surface area contributed by atoms with Crippen LogP contribution in [0, 0.1) is 10.1 Å². The highest BCUT2D eigenvalue weighted by Gasteiger charge is 2.20. The van der Waals surface area contributed by atoms with Crippen LogP contribution >= 0.6 is 11.6 Å². The van der Waals surface area contributed by atoms with E-state index in [1.807, 2.05) is 24.3 Å². The van der Waals surface area contributed by atoms with Crippen LogP contribution < -0.4 is 10.1 Å². The van der Waals surface area contributed by atoms with Crippen molar-refractivity contribution < 1.29 is 14.5 Å². The average molecular weight is 357 g/mol. The van der Waals surface area contributed by atoms with Crippen LogP contribution in [0.3, 0.4) is 0 Å². The Bertz CT molecular complexity index is 988. The summed E-state index contributed by atoms with van der Waals surface area (Å²) in [5.41, 5.74) is -0.109. The second-order valence-electron chi connectivity index (χ2n) is 5.21. The Morgan fingerprint density at radius 1 is 1.08 bits per heavy atom. The second kappa shape index (κ2) is 6.78. The molecule has 0 aliphatic heterocycles. The molecule has 126 valence electrons. The van der Waals surface area contributed by atoms with Crippen molar-refractivity contribution in [1.29, 1.82) is 0 Å². The molecule has 0 bridgehead atoms. The van der Waals surface area contributed by atoms with E-state index >= 15 is 0 Å². The van der Waals surface area contributed by atoms with E-state index in [1.54, 1.807) is 12.1 Å². The van der Waals surface area contributed by atoms with Gasteiger partial charge in [-0.2, -0.15) is 0 Å². The Kier molecular flexibility index (Phi) is 4.54. The zero-order valence-corrected chi connectivity index (χ0v) is 13.9. The summed E-state index contributed by atoms with van der Waals surface area (Å²) in [6.07, 6.45) is 0. The third-order valence-electron chi connectivity index (χ3n) is 3.70. The highest BCUT2D eigenvalue weighted by atomic mass is 35.5. The fraction of sp³-hybridized carbons (Fsp3) is 0.0556. The molecule has 3 aromatic rings. The molecule has 0 aliphatic rings. The standard InChI is InChI=1S/C18H13ClN2O4/c1-20-18(22)11-6-8-17(15(10-11)21(23)24)25-16-9-7-14(19)12-4-2-3-5-13(12)16/h2-10H,1H3,(H,20,22). The van der Waals surface area contributed by atoms with Crippen molar-refractivity contribution in [2.75, 3.05) is 7.05 Å². The first-order valence-corrected chi connectivity index (χ1v) is 7.74. The number of nitro benzene ring substituents is 1. The Hall–Kier alpha value is -3.12. The minimum absolute atomic E-state index is 0.0464. The van der Waals surface area contributed by atoms with Gasteiger partial charge in [-0.3, -0.25) is 14.9 Å². The number of carbonyl (C=O) groups is 1. The molecule has 0 heterocycles. The van der Waals surface area contributed by atoms with Gasteiger partial charge in [-0.05, 0) is 24.3 Å². The molecule has 0 unspecified atom stereocenters. The van der Waals surface area contributed by atoms with E-state index in [9.17, 15) is 14.9 Å². The van der Waals surface area contributed by atoms with Gasteiger partial charge < -0.3 is 10.1 Å². The van der Waals surface area contributed by atoms with Gasteiger partial charge in [-0.1, -0.05) is 35.9 Å². The van der Waals surface area contributed by atoms with Crippen molar-refractivity contribution in [3.05, 3.63) is 75.3 Å². The van der Waals surface area contributed by atoms with Crippen molar-refractivity contribution in [2.24, 2.45) is 0 Å². The number of amides is 1. The molecule has 0 atom stereocenters.